The number of aryl methyl sites for hydroxylation is 2. The minimum atomic E-state index is -0.311. The number of para-hydroxylation sites is 1. The van der Waals surface area contributed by atoms with E-state index in [1.54, 1.807) is 61.1 Å². The van der Waals surface area contributed by atoms with Crippen LogP contribution in [0.5, 0.6) is 0 Å². The van der Waals surface area contributed by atoms with E-state index >= 15 is 0 Å². The van der Waals surface area contributed by atoms with Crippen LogP contribution in [0.1, 0.15) is 21.8 Å². The van der Waals surface area contributed by atoms with Crippen LogP contribution in [0.3, 0.4) is 0 Å². The molecule has 1 aromatic carbocycles. The van der Waals surface area contributed by atoms with Crippen LogP contribution in [0.4, 0.5) is 0 Å². The van der Waals surface area contributed by atoms with Crippen molar-refractivity contribution in [2.24, 2.45) is 7.05 Å². The lowest BCUT2D eigenvalue weighted by molar-refractivity contribution is 0.102. The maximum absolute atomic E-state index is 12.5. The van der Waals surface area contributed by atoms with Crippen LogP contribution in [0.15, 0.2) is 51.8 Å². The Morgan fingerprint density at radius 1 is 1.15 bits per heavy atom. The van der Waals surface area contributed by atoms with Gasteiger partial charge in [0.05, 0.1) is 11.1 Å². The van der Waals surface area contributed by atoms with Crippen molar-refractivity contribution in [3.05, 3.63) is 69.8 Å². The monoisotopic (exact) mass is 267 g/mol. The molecular formula is C16H13NO3. The molecule has 0 aliphatic heterocycles. The van der Waals surface area contributed by atoms with Crippen LogP contribution in [0.25, 0.3) is 11.0 Å². The Bertz CT molecular complexity index is 871. The van der Waals surface area contributed by atoms with Gasteiger partial charge in [0.15, 0.2) is 0 Å². The molecule has 4 heteroatoms. The quantitative estimate of drug-likeness (QED) is 0.671. The normalized spacial score (nSPS) is 10.9. The van der Waals surface area contributed by atoms with E-state index in [0.29, 0.717) is 22.4 Å². The summed E-state index contributed by atoms with van der Waals surface area (Å²) in [4.78, 5) is 25.0. The van der Waals surface area contributed by atoms with E-state index in [9.17, 15) is 9.59 Å². The number of carbonyl (C=O) groups is 1. The molecule has 0 aliphatic rings. The van der Waals surface area contributed by atoms with Gasteiger partial charge in [-0.3, -0.25) is 9.59 Å². The average molecular weight is 267 g/mol. The van der Waals surface area contributed by atoms with Gasteiger partial charge in [-0.15, -0.1) is 0 Å². The lowest BCUT2D eigenvalue weighted by Gasteiger charge is -2.06. The molecule has 3 rings (SSSR count). The van der Waals surface area contributed by atoms with Crippen LogP contribution in [-0.4, -0.2) is 10.4 Å². The third-order valence-electron chi connectivity index (χ3n) is 3.38. The summed E-state index contributed by atoms with van der Waals surface area (Å²) < 4.78 is 7.29. The minimum absolute atomic E-state index is 0.102. The summed E-state index contributed by atoms with van der Waals surface area (Å²) in [6, 6.07) is 10.4. The van der Waals surface area contributed by atoms with Gasteiger partial charge in [-0.05, 0) is 31.2 Å². The van der Waals surface area contributed by atoms with Crippen LogP contribution in [-0.2, 0) is 7.05 Å². The molecule has 0 amide bonds. The summed E-state index contributed by atoms with van der Waals surface area (Å²) in [7, 11) is 1.77. The van der Waals surface area contributed by atoms with Crippen molar-refractivity contribution < 1.29 is 9.21 Å². The number of rotatable bonds is 2. The van der Waals surface area contributed by atoms with Crippen molar-refractivity contribution >= 4 is 16.8 Å². The van der Waals surface area contributed by atoms with E-state index in [1.165, 1.54) is 0 Å². The van der Waals surface area contributed by atoms with Gasteiger partial charge in [0.1, 0.15) is 16.9 Å². The smallest absolute Gasteiger partial charge is 0.216 e. The number of ketones is 1. The zero-order chi connectivity index (χ0) is 14.3. The van der Waals surface area contributed by atoms with Gasteiger partial charge < -0.3 is 8.98 Å². The molecule has 20 heavy (non-hydrogen) atoms. The molecule has 3 aromatic rings. The first-order chi connectivity index (χ1) is 9.59. The molecule has 0 spiro atoms. The summed E-state index contributed by atoms with van der Waals surface area (Å²) in [6.45, 7) is 1.64. The van der Waals surface area contributed by atoms with Gasteiger partial charge in [0, 0.05) is 13.2 Å². The molecule has 0 atom stereocenters. The highest BCUT2D eigenvalue weighted by Gasteiger charge is 2.21. The number of aromatic nitrogens is 1. The molecule has 0 saturated heterocycles. The summed E-state index contributed by atoms with van der Waals surface area (Å²) in [5.74, 6) is 0.0365. The van der Waals surface area contributed by atoms with Crippen LogP contribution >= 0.6 is 0 Å². The standard InChI is InChI=1S/C16H13NO3/c1-10-14(16(19)12-7-5-9-17(12)2)15(18)11-6-3-4-8-13(11)20-10/h3-9H,1-2H3. The van der Waals surface area contributed by atoms with E-state index in [2.05, 4.69) is 0 Å². The molecule has 0 saturated carbocycles. The minimum Gasteiger partial charge on any atom is -0.460 e. The number of benzene rings is 1. The Morgan fingerprint density at radius 2 is 1.90 bits per heavy atom. The second-order valence-electron chi connectivity index (χ2n) is 4.69. The fourth-order valence-corrected chi connectivity index (χ4v) is 2.34. The van der Waals surface area contributed by atoms with E-state index in [-0.39, 0.29) is 16.8 Å². The van der Waals surface area contributed by atoms with E-state index < -0.39 is 0 Å². The summed E-state index contributed by atoms with van der Waals surface area (Å²) in [5, 5.41) is 0.427. The second kappa shape index (κ2) is 4.49. The number of nitrogens with zero attached hydrogens (tertiary/aromatic N) is 1. The molecule has 2 aromatic heterocycles. The molecule has 4 nitrogen and oxygen atoms in total. The Labute approximate surface area is 115 Å². The fraction of sp³-hybridized carbons (Fsp3) is 0.125. The molecule has 2 heterocycles. The maximum Gasteiger partial charge on any atom is 0.216 e. The van der Waals surface area contributed by atoms with Crippen molar-refractivity contribution in [1.82, 2.24) is 4.57 Å². The molecule has 0 fully saturated rings. The molecule has 0 N–H and O–H groups in total. The number of fused-ring (bicyclic) bond motifs is 1. The highest BCUT2D eigenvalue weighted by molar-refractivity contribution is 6.09. The average Bonchev–Trinajstić information content (AvgIpc) is 2.85. The Balaban J connectivity index is 2.30. The van der Waals surface area contributed by atoms with Crippen LogP contribution in [0, 0.1) is 6.92 Å². The van der Waals surface area contributed by atoms with Crippen molar-refractivity contribution in [2.45, 2.75) is 6.92 Å². The van der Waals surface area contributed by atoms with Crippen molar-refractivity contribution in [1.29, 1.82) is 0 Å². The SMILES string of the molecule is Cc1oc2ccccc2c(=O)c1C(=O)c1cccn1C. The number of hydrogen-bond acceptors (Lipinski definition) is 3. The summed E-state index contributed by atoms with van der Waals surface area (Å²) in [5.41, 5.74) is 0.787. The van der Waals surface area contributed by atoms with Crippen molar-refractivity contribution in [3.8, 4) is 0 Å². The third kappa shape index (κ3) is 1.77. The Hall–Kier alpha value is -2.62. The van der Waals surface area contributed by atoms with E-state index in [4.69, 9.17) is 4.42 Å². The topological polar surface area (TPSA) is 52.2 Å². The lowest BCUT2D eigenvalue weighted by atomic mass is 10.0. The molecule has 0 radical (unpaired) electrons. The van der Waals surface area contributed by atoms with Crippen LogP contribution < -0.4 is 5.43 Å². The summed E-state index contributed by atoms with van der Waals surface area (Å²) in [6.07, 6.45) is 1.77. The largest absolute Gasteiger partial charge is 0.460 e. The number of carbonyl (C=O) groups excluding carboxylic acids is 1. The van der Waals surface area contributed by atoms with Gasteiger partial charge in [-0.2, -0.15) is 0 Å². The molecular weight excluding hydrogens is 254 g/mol. The predicted octanol–water partition coefficient (Wildman–Crippen LogP) is 2.67. The molecule has 0 bridgehead atoms. The van der Waals surface area contributed by atoms with Gasteiger partial charge in [-0.1, -0.05) is 12.1 Å². The molecule has 0 unspecified atom stereocenters. The first-order valence-electron chi connectivity index (χ1n) is 6.28. The fourth-order valence-electron chi connectivity index (χ4n) is 2.34. The first-order valence-corrected chi connectivity index (χ1v) is 6.28. The second-order valence-corrected chi connectivity index (χ2v) is 4.69. The van der Waals surface area contributed by atoms with Gasteiger partial charge in [0.25, 0.3) is 0 Å². The first kappa shape index (κ1) is 12.4. The zero-order valence-corrected chi connectivity index (χ0v) is 11.2. The van der Waals surface area contributed by atoms with E-state index in [1.807, 2.05) is 0 Å². The third-order valence-corrected chi connectivity index (χ3v) is 3.38. The number of hydrogen-bond donors (Lipinski definition) is 0. The highest BCUT2D eigenvalue weighted by Crippen LogP contribution is 2.17. The van der Waals surface area contributed by atoms with Crippen LogP contribution in [0.2, 0.25) is 0 Å². The van der Waals surface area contributed by atoms with E-state index in [0.717, 1.165) is 0 Å². The molecule has 100 valence electrons. The predicted molar refractivity (Wildman–Crippen MR) is 76.1 cm³/mol. The van der Waals surface area contributed by atoms with Gasteiger partial charge in [0.2, 0.25) is 11.2 Å². The van der Waals surface area contributed by atoms with Gasteiger partial charge in [-0.25, -0.2) is 0 Å². The lowest BCUT2D eigenvalue weighted by Crippen LogP contribution is -2.19. The molecule has 0 aliphatic carbocycles. The maximum atomic E-state index is 12.5. The van der Waals surface area contributed by atoms with Crippen molar-refractivity contribution in [3.63, 3.8) is 0 Å². The highest BCUT2D eigenvalue weighted by atomic mass is 16.3. The Morgan fingerprint density at radius 3 is 2.60 bits per heavy atom. The van der Waals surface area contributed by atoms with Gasteiger partial charge >= 0.3 is 0 Å². The zero-order valence-electron chi connectivity index (χ0n) is 11.2. The summed E-state index contributed by atoms with van der Waals surface area (Å²) >= 11 is 0. The Kier molecular flexibility index (Phi) is 2.79. The van der Waals surface area contributed by atoms with Crippen molar-refractivity contribution in [2.75, 3.05) is 0 Å².